The summed E-state index contributed by atoms with van der Waals surface area (Å²) in [5, 5.41) is 12.4. The molecule has 5 nitrogen and oxygen atoms in total. The molecule has 0 spiro atoms. The van der Waals surface area contributed by atoms with Crippen LogP contribution in [0.2, 0.25) is 0 Å². The number of rotatable bonds is 5. The van der Waals surface area contributed by atoms with Crippen LogP contribution in [0, 0.1) is 17.3 Å². The lowest BCUT2D eigenvalue weighted by Gasteiger charge is -2.41. The predicted octanol–water partition coefficient (Wildman–Crippen LogP) is 5.83. The van der Waals surface area contributed by atoms with Gasteiger partial charge in [0.15, 0.2) is 0 Å². The van der Waals surface area contributed by atoms with Crippen LogP contribution in [-0.4, -0.2) is 29.8 Å². The second-order valence-electron chi connectivity index (χ2n) is 10.3. The van der Waals surface area contributed by atoms with E-state index < -0.39 is 12.1 Å². The van der Waals surface area contributed by atoms with E-state index in [4.69, 9.17) is 4.74 Å². The molecular weight excluding hydrogens is 402 g/mol. The van der Waals surface area contributed by atoms with E-state index in [0.717, 1.165) is 19.3 Å². The van der Waals surface area contributed by atoms with Crippen LogP contribution in [0.1, 0.15) is 63.5 Å². The van der Waals surface area contributed by atoms with Crippen molar-refractivity contribution in [3.63, 3.8) is 0 Å². The van der Waals surface area contributed by atoms with Crippen molar-refractivity contribution < 1.29 is 19.4 Å². The molecule has 2 aliphatic carbocycles. The van der Waals surface area contributed by atoms with Crippen LogP contribution in [0.4, 0.5) is 4.79 Å². The topological polar surface area (TPSA) is 75.6 Å². The zero-order chi connectivity index (χ0) is 22.9. The number of ether oxygens (including phenoxy) is 1. The number of fused-ring (bicyclic) bond motifs is 3. The van der Waals surface area contributed by atoms with Gasteiger partial charge in [-0.05, 0) is 58.8 Å². The van der Waals surface area contributed by atoms with Crippen LogP contribution in [-0.2, 0) is 9.53 Å². The zero-order valence-corrected chi connectivity index (χ0v) is 19.1. The van der Waals surface area contributed by atoms with Gasteiger partial charge in [0.1, 0.15) is 6.61 Å². The summed E-state index contributed by atoms with van der Waals surface area (Å²) in [7, 11) is 0. The molecule has 3 unspecified atom stereocenters. The Balaban J connectivity index is 1.41. The zero-order valence-electron chi connectivity index (χ0n) is 19.1. The molecular formula is C27H33NO4. The Labute approximate surface area is 190 Å². The average molecular weight is 436 g/mol. The van der Waals surface area contributed by atoms with Gasteiger partial charge in [0.05, 0.1) is 6.42 Å². The molecule has 2 aromatic carbocycles. The number of aliphatic carboxylic acids is 1. The van der Waals surface area contributed by atoms with Crippen molar-refractivity contribution in [3.8, 4) is 11.1 Å². The Morgan fingerprint density at radius 2 is 1.59 bits per heavy atom. The normalized spacial score (nSPS) is 22.7. The highest BCUT2D eigenvalue weighted by Gasteiger charge is 2.38. The summed E-state index contributed by atoms with van der Waals surface area (Å²) >= 11 is 0. The molecule has 0 aromatic heterocycles. The number of carbonyl (C=O) groups excluding carboxylic acids is 1. The van der Waals surface area contributed by atoms with Gasteiger partial charge < -0.3 is 15.2 Å². The molecule has 0 saturated heterocycles. The van der Waals surface area contributed by atoms with E-state index in [1.54, 1.807) is 0 Å². The summed E-state index contributed by atoms with van der Waals surface area (Å²) in [4.78, 5) is 24.2. The average Bonchev–Trinajstić information content (AvgIpc) is 3.06. The first-order chi connectivity index (χ1) is 15.2. The van der Waals surface area contributed by atoms with E-state index in [2.05, 4.69) is 50.4 Å². The van der Waals surface area contributed by atoms with E-state index in [1.165, 1.54) is 22.3 Å². The third-order valence-electron chi connectivity index (χ3n) is 7.29. The van der Waals surface area contributed by atoms with E-state index in [1.807, 2.05) is 24.3 Å². The molecule has 2 N–H and O–H groups in total. The largest absolute Gasteiger partial charge is 0.481 e. The molecule has 4 rings (SSSR count). The molecule has 32 heavy (non-hydrogen) atoms. The van der Waals surface area contributed by atoms with Gasteiger partial charge in [0, 0.05) is 12.0 Å². The van der Waals surface area contributed by atoms with Crippen LogP contribution in [0.25, 0.3) is 11.1 Å². The maximum Gasteiger partial charge on any atom is 0.407 e. The molecule has 0 aliphatic heterocycles. The third-order valence-corrected chi connectivity index (χ3v) is 7.29. The minimum atomic E-state index is -0.816. The number of alkyl carbamates (subject to hydrolysis) is 1. The van der Waals surface area contributed by atoms with Gasteiger partial charge in [-0.2, -0.15) is 0 Å². The summed E-state index contributed by atoms with van der Waals surface area (Å²) in [6.45, 7) is 6.87. The molecule has 2 aromatic rings. The number of benzene rings is 2. The summed E-state index contributed by atoms with van der Waals surface area (Å²) in [5.41, 5.74) is 4.87. The van der Waals surface area contributed by atoms with Gasteiger partial charge in [0.25, 0.3) is 0 Å². The summed E-state index contributed by atoms with van der Waals surface area (Å²) in [6, 6.07) is 16.3. The molecule has 1 saturated carbocycles. The first-order valence-electron chi connectivity index (χ1n) is 11.6. The molecule has 1 amide bonds. The van der Waals surface area contributed by atoms with E-state index in [-0.39, 0.29) is 36.3 Å². The fraction of sp³-hybridized carbons (Fsp3) is 0.481. The van der Waals surface area contributed by atoms with Crippen LogP contribution in [0.15, 0.2) is 48.5 Å². The van der Waals surface area contributed by atoms with Gasteiger partial charge in [-0.15, -0.1) is 0 Å². The summed E-state index contributed by atoms with van der Waals surface area (Å²) in [5.74, 6) is -0.429. The molecule has 170 valence electrons. The van der Waals surface area contributed by atoms with E-state index >= 15 is 0 Å². The number of hydrogen-bond acceptors (Lipinski definition) is 3. The van der Waals surface area contributed by atoms with E-state index in [0.29, 0.717) is 5.92 Å². The van der Waals surface area contributed by atoms with Gasteiger partial charge in [-0.1, -0.05) is 69.3 Å². The van der Waals surface area contributed by atoms with Gasteiger partial charge in [0.2, 0.25) is 0 Å². The lowest BCUT2D eigenvalue weighted by atomic mass is 9.67. The second-order valence-corrected chi connectivity index (χ2v) is 10.3. The Morgan fingerprint density at radius 3 is 2.16 bits per heavy atom. The number of amides is 1. The molecule has 0 radical (unpaired) electrons. The van der Waals surface area contributed by atoms with Crippen molar-refractivity contribution in [2.24, 2.45) is 17.3 Å². The van der Waals surface area contributed by atoms with Crippen LogP contribution in [0.3, 0.4) is 0 Å². The van der Waals surface area contributed by atoms with Gasteiger partial charge in [-0.3, -0.25) is 4.79 Å². The molecule has 0 bridgehead atoms. The van der Waals surface area contributed by atoms with Crippen molar-refractivity contribution in [1.29, 1.82) is 0 Å². The number of hydrogen-bond donors (Lipinski definition) is 2. The quantitative estimate of drug-likeness (QED) is 0.619. The van der Waals surface area contributed by atoms with Crippen LogP contribution >= 0.6 is 0 Å². The number of carboxylic acids is 1. The fourth-order valence-corrected chi connectivity index (χ4v) is 5.48. The molecule has 2 aliphatic rings. The molecule has 5 heteroatoms. The fourth-order valence-electron chi connectivity index (χ4n) is 5.48. The molecule has 3 atom stereocenters. The lowest BCUT2D eigenvalue weighted by molar-refractivity contribution is -0.139. The minimum Gasteiger partial charge on any atom is -0.481 e. The Hall–Kier alpha value is -2.82. The van der Waals surface area contributed by atoms with Crippen molar-refractivity contribution >= 4 is 12.1 Å². The van der Waals surface area contributed by atoms with Gasteiger partial charge >= 0.3 is 12.1 Å². The second kappa shape index (κ2) is 8.97. The standard InChI is InChI=1S/C27H33NO4/c1-27(2,3)18-12-13-24(17(14-18)15-25(29)30)28-26(31)32-16-23-21-10-6-4-8-19(21)20-9-5-7-11-22(20)23/h4-11,17-18,23-24H,12-16H2,1-3H3,(H,28,31)(H,29,30). The highest BCUT2D eigenvalue weighted by Crippen LogP contribution is 2.45. The Morgan fingerprint density at radius 1 is 1.00 bits per heavy atom. The van der Waals surface area contributed by atoms with Gasteiger partial charge in [-0.25, -0.2) is 4.79 Å². The minimum absolute atomic E-state index is 0.0135. The number of carboxylic acid groups (broad SMARTS) is 1. The highest BCUT2D eigenvalue weighted by atomic mass is 16.5. The number of nitrogens with one attached hydrogen (secondary N) is 1. The summed E-state index contributed by atoms with van der Waals surface area (Å²) < 4.78 is 5.69. The lowest BCUT2D eigenvalue weighted by Crippen LogP contribution is -2.46. The van der Waals surface area contributed by atoms with Crippen molar-refractivity contribution in [2.75, 3.05) is 6.61 Å². The summed E-state index contributed by atoms with van der Waals surface area (Å²) in [6.07, 6.45) is 2.18. The monoisotopic (exact) mass is 435 g/mol. The van der Waals surface area contributed by atoms with Crippen LogP contribution in [0.5, 0.6) is 0 Å². The third kappa shape index (κ3) is 4.67. The van der Waals surface area contributed by atoms with Crippen molar-refractivity contribution in [2.45, 2.75) is 58.4 Å². The SMILES string of the molecule is CC(C)(C)C1CCC(NC(=O)OCC2c3ccccc3-c3ccccc32)C(CC(=O)O)C1. The maximum absolute atomic E-state index is 12.7. The molecule has 0 heterocycles. The molecule has 1 fully saturated rings. The van der Waals surface area contributed by atoms with E-state index in [9.17, 15) is 14.7 Å². The first-order valence-corrected chi connectivity index (χ1v) is 11.6. The predicted molar refractivity (Wildman–Crippen MR) is 125 cm³/mol. The first kappa shape index (κ1) is 22.4. The smallest absolute Gasteiger partial charge is 0.407 e. The maximum atomic E-state index is 12.7. The van der Waals surface area contributed by atoms with Crippen molar-refractivity contribution in [3.05, 3.63) is 59.7 Å². The van der Waals surface area contributed by atoms with Crippen molar-refractivity contribution in [1.82, 2.24) is 5.32 Å². The van der Waals surface area contributed by atoms with Crippen LogP contribution < -0.4 is 5.32 Å². The highest BCUT2D eigenvalue weighted by molar-refractivity contribution is 5.79. The number of carbonyl (C=O) groups is 2. The Bertz CT molecular complexity index is 948. The Kier molecular flexibility index (Phi) is 6.27.